The summed E-state index contributed by atoms with van der Waals surface area (Å²) < 4.78 is 0. The fourth-order valence-electron chi connectivity index (χ4n) is 2.75. The first-order valence-electron chi connectivity index (χ1n) is 7.89. The van der Waals surface area contributed by atoms with Crippen LogP contribution in [-0.4, -0.2) is 19.6 Å². The highest BCUT2D eigenvalue weighted by Crippen LogP contribution is 2.08. The van der Waals surface area contributed by atoms with Gasteiger partial charge in [-0.1, -0.05) is 46.0 Å². The van der Waals surface area contributed by atoms with E-state index in [2.05, 4.69) is 13.8 Å². The zero-order valence-corrected chi connectivity index (χ0v) is 12.5. The topological polar surface area (TPSA) is 28.2 Å². The van der Waals surface area contributed by atoms with E-state index < -0.39 is 0 Å². The Morgan fingerprint density at radius 1 is 0.944 bits per heavy atom. The normalized spacial score (nSPS) is 23.1. The maximum atomic E-state index is 6.25. The molecule has 18 heavy (non-hydrogen) atoms. The first-order chi connectivity index (χ1) is 8.83. The second kappa shape index (κ2) is 12.9. The summed E-state index contributed by atoms with van der Waals surface area (Å²) in [4.78, 5) is 1.88. The Morgan fingerprint density at radius 3 is 2.00 bits per heavy atom. The van der Waals surface area contributed by atoms with Crippen LogP contribution in [0.5, 0.6) is 0 Å². The molecule has 0 aromatic rings. The van der Waals surface area contributed by atoms with Crippen LogP contribution >= 0.6 is 0 Å². The van der Waals surface area contributed by atoms with Crippen molar-refractivity contribution in [3.8, 4) is 0 Å². The van der Waals surface area contributed by atoms with Crippen molar-refractivity contribution in [3.05, 3.63) is 6.57 Å². The summed E-state index contributed by atoms with van der Waals surface area (Å²) in [6.07, 6.45) is 13.1. The van der Waals surface area contributed by atoms with Gasteiger partial charge in [0.05, 0.1) is 19.6 Å². The molecule has 106 valence electrons. The molecule has 0 atom stereocenters. The van der Waals surface area contributed by atoms with Gasteiger partial charge >= 0.3 is 0 Å². The average Bonchev–Trinajstić information content (AvgIpc) is 2.42. The Morgan fingerprint density at radius 2 is 1.44 bits per heavy atom. The molecule has 2 heteroatoms. The lowest BCUT2D eigenvalue weighted by molar-refractivity contribution is -0.906. The number of nitrogens with zero attached hydrogens (tertiary/aromatic N) is 1. The molecule has 0 radical (unpaired) electrons. The number of piperidine rings is 1. The van der Waals surface area contributed by atoms with E-state index in [0.717, 1.165) is 5.92 Å². The van der Waals surface area contributed by atoms with Crippen molar-refractivity contribution < 1.29 is 4.90 Å². The van der Waals surface area contributed by atoms with Gasteiger partial charge < -0.3 is 16.7 Å². The van der Waals surface area contributed by atoms with E-state index in [0.29, 0.717) is 0 Å². The van der Waals surface area contributed by atoms with Crippen LogP contribution in [0.1, 0.15) is 71.6 Å². The Kier molecular flexibility index (Phi) is 12.5. The first kappa shape index (κ1) is 17.4. The molecule has 1 saturated heterocycles. The summed E-state index contributed by atoms with van der Waals surface area (Å²) in [6.45, 7) is 13.8. The molecule has 0 aromatic heterocycles. The molecule has 0 unspecified atom stereocenters. The molecule has 0 spiro atoms. The highest BCUT2D eigenvalue weighted by Gasteiger charge is 2.17. The van der Waals surface area contributed by atoms with Crippen molar-refractivity contribution in [2.75, 3.05) is 19.6 Å². The zero-order valence-electron chi connectivity index (χ0n) is 12.5. The highest BCUT2D eigenvalue weighted by molar-refractivity contribution is 4.55. The predicted octanol–water partition coefficient (Wildman–Crippen LogP) is 3.15. The number of nitrogens with one attached hydrogen (secondary N) is 1. The molecule has 0 aliphatic carbocycles. The van der Waals surface area contributed by atoms with Gasteiger partial charge in [-0.25, -0.2) is 0 Å². The van der Waals surface area contributed by atoms with Gasteiger partial charge in [0.2, 0.25) is 0 Å². The van der Waals surface area contributed by atoms with Gasteiger partial charge in [-0.15, -0.1) is 0 Å². The molecule has 0 saturated carbocycles. The third-order valence-corrected chi connectivity index (χ3v) is 4.12. The van der Waals surface area contributed by atoms with Crippen molar-refractivity contribution in [1.82, 2.24) is 0 Å². The van der Waals surface area contributed by atoms with E-state index in [1.54, 1.807) is 0 Å². The molecular formula is C16H32N2. The van der Waals surface area contributed by atoms with E-state index in [-0.39, 0.29) is 0 Å². The standard InChI is InChI=1S/C15H31N.CN/c1-3-4-5-6-7-8-9-12-16-13-10-15(2)11-14-16;1-2/h15H,3-14H2,1-2H3;/q;-1/p+1. The van der Waals surface area contributed by atoms with Crippen LogP contribution in [0, 0.1) is 17.8 Å². The number of unbranched alkanes of at least 4 members (excludes halogenated alkanes) is 6. The van der Waals surface area contributed by atoms with Gasteiger partial charge in [-0.05, 0) is 31.6 Å². The quantitative estimate of drug-likeness (QED) is 0.522. The lowest BCUT2D eigenvalue weighted by Gasteiger charge is -2.27. The summed E-state index contributed by atoms with van der Waals surface area (Å²) >= 11 is 0. The number of hydrogen-bond donors (Lipinski definition) is 1. The largest absolute Gasteiger partial charge is 0.512 e. The third kappa shape index (κ3) is 9.48. The van der Waals surface area contributed by atoms with Crippen LogP contribution in [0.3, 0.4) is 0 Å². The van der Waals surface area contributed by atoms with E-state index in [9.17, 15) is 0 Å². The minimum Gasteiger partial charge on any atom is -0.512 e. The first-order valence-corrected chi connectivity index (χ1v) is 7.89. The molecule has 1 aliphatic heterocycles. The molecule has 0 aromatic carbocycles. The minimum atomic E-state index is 0.998. The molecule has 2 nitrogen and oxygen atoms in total. The second-order valence-corrected chi connectivity index (χ2v) is 5.80. The number of rotatable bonds is 8. The van der Waals surface area contributed by atoms with Gasteiger partial charge in [0.25, 0.3) is 0 Å². The lowest BCUT2D eigenvalue weighted by Crippen LogP contribution is -3.13. The molecule has 1 N–H and O–H groups in total. The van der Waals surface area contributed by atoms with E-state index in [4.69, 9.17) is 11.8 Å². The summed E-state index contributed by atoms with van der Waals surface area (Å²) in [5.41, 5.74) is 0. The van der Waals surface area contributed by atoms with E-state index in [1.807, 2.05) is 4.90 Å². The van der Waals surface area contributed by atoms with Gasteiger partial charge in [0.1, 0.15) is 0 Å². The Hall–Kier alpha value is -0.550. The van der Waals surface area contributed by atoms with Crippen molar-refractivity contribution in [2.24, 2.45) is 5.92 Å². The fraction of sp³-hybridized carbons (Fsp3) is 0.938. The number of quaternary nitrogens is 1. The Bertz CT molecular complexity index is 181. The zero-order chi connectivity index (χ0) is 13.6. The monoisotopic (exact) mass is 252 g/mol. The molecule has 1 rings (SSSR count). The Balaban J connectivity index is 0.00000137. The molecule has 1 fully saturated rings. The smallest absolute Gasteiger partial charge is 0.0773 e. The van der Waals surface area contributed by atoms with E-state index in [1.165, 1.54) is 77.4 Å². The summed E-state index contributed by atoms with van der Waals surface area (Å²) in [6, 6.07) is 0. The van der Waals surface area contributed by atoms with Gasteiger partial charge in [-0.3, -0.25) is 0 Å². The number of likely N-dealkylation sites (tertiary alicyclic amines) is 1. The molecular weight excluding hydrogens is 220 g/mol. The minimum absolute atomic E-state index is 0.998. The van der Waals surface area contributed by atoms with Crippen molar-refractivity contribution in [2.45, 2.75) is 71.6 Å². The maximum absolute atomic E-state index is 6.25. The van der Waals surface area contributed by atoms with E-state index >= 15 is 0 Å². The van der Waals surface area contributed by atoms with Crippen molar-refractivity contribution in [1.29, 1.82) is 5.26 Å². The van der Waals surface area contributed by atoms with Gasteiger partial charge in [-0.2, -0.15) is 0 Å². The second-order valence-electron chi connectivity index (χ2n) is 5.80. The SMILES string of the molecule is CCCCCCCCC[NH+]1CCC(C)CC1.[C-]#N. The Labute approximate surface area is 114 Å². The van der Waals surface area contributed by atoms with Crippen LogP contribution < -0.4 is 4.90 Å². The lowest BCUT2D eigenvalue weighted by atomic mass is 9.99. The third-order valence-electron chi connectivity index (χ3n) is 4.12. The summed E-state index contributed by atoms with van der Waals surface area (Å²) in [5.74, 6) is 0.998. The number of hydrogen-bond acceptors (Lipinski definition) is 1. The predicted molar refractivity (Wildman–Crippen MR) is 76.9 cm³/mol. The van der Waals surface area contributed by atoms with Crippen molar-refractivity contribution >= 4 is 0 Å². The average molecular weight is 252 g/mol. The van der Waals surface area contributed by atoms with Crippen LogP contribution in [0.4, 0.5) is 0 Å². The molecule has 0 bridgehead atoms. The molecule has 1 aliphatic rings. The molecule has 1 heterocycles. The van der Waals surface area contributed by atoms with Crippen LogP contribution in [0.15, 0.2) is 0 Å². The fourth-order valence-corrected chi connectivity index (χ4v) is 2.75. The highest BCUT2D eigenvalue weighted by atomic mass is 15.1. The van der Waals surface area contributed by atoms with Crippen molar-refractivity contribution in [3.63, 3.8) is 0 Å². The maximum Gasteiger partial charge on any atom is 0.0773 e. The van der Waals surface area contributed by atoms with Crippen LogP contribution in [0.25, 0.3) is 0 Å². The van der Waals surface area contributed by atoms with Gasteiger partial charge in [0.15, 0.2) is 0 Å². The molecule has 0 amide bonds. The van der Waals surface area contributed by atoms with Gasteiger partial charge in [0, 0.05) is 0 Å². The summed E-state index contributed by atoms with van der Waals surface area (Å²) in [5, 5.41) is 6.25. The summed E-state index contributed by atoms with van der Waals surface area (Å²) in [7, 11) is 0. The van der Waals surface area contributed by atoms with Crippen LogP contribution in [-0.2, 0) is 0 Å². The van der Waals surface area contributed by atoms with Crippen LogP contribution in [0.2, 0.25) is 0 Å².